The van der Waals surface area contributed by atoms with Crippen molar-refractivity contribution in [3.05, 3.63) is 29.8 Å². The van der Waals surface area contributed by atoms with E-state index in [0.29, 0.717) is 12.5 Å². The largest absolute Gasteiger partial charge is 0.494 e. The van der Waals surface area contributed by atoms with E-state index in [2.05, 4.69) is 26.0 Å². The third-order valence-corrected chi connectivity index (χ3v) is 2.28. The first-order chi connectivity index (χ1) is 6.77. The van der Waals surface area contributed by atoms with Crippen molar-refractivity contribution in [2.75, 3.05) is 6.61 Å². The van der Waals surface area contributed by atoms with Gasteiger partial charge in [-0.05, 0) is 16.9 Å². The number of benzene rings is 1. The van der Waals surface area contributed by atoms with Gasteiger partial charge < -0.3 is 9.31 Å². The van der Waals surface area contributed by atoms with Gasteiger partial charge >= 0.3 is 7.12 Å². The SMILES string of the molecule is CC(C)COB1OCc2ccccc21. The zero-order valence-corrected chi connectivity index (χ0v) is 8.69. The molecule has 2 nitrogen and oxygen atoms in total. The molecule has 0 N–H and O–H groups in total. The first-order valence-electron chi connectivity index (χ1n) is 5.08. The highest BCUT2D eigenvalue weighted by atomic mass is 16.6. The van der Waals surface area contributed by atoms with E-state index >= 15 is 0 Å². The van der Waals surface area contributed by atoms with Gasteiger partial charge in [0.25, 0.3) is 0 Å². The number of hydrogen-bond acceptors (Lipinski definition) is 2. The van der Waals surface area contributed by atoms with Crippen molar-refractivity contribution in [3.63, 3.8) is 0 Å². The third kappa shape index (κ3) is 1.99. The summed E-state index contributed by atoms with van der Waals surface area (Å²) in [4.78, 5) is 0. The van der Waals surface area contributed by atoms with E-state index in [0.717, 1.165) is 6.61 Å². The maximum atomic E-state index is 5.67. The molecule has 74 valence electrons. The molecular weight excluding hydrogens is 175 g/mol. The highest BCUT2D eigenvalue weighted by Crippen LogP contribution is 2.11. The molecule has 0 unspecified atom stereocenters. The minimum Gasteiger partial charge on any atom is -0.407 e. The predicted octanol–water partition coefficient (Wildman–Crippen LogP) is 1.58. The van der Waals surface area contributed by atoms with Gasteiger partial charge in [-0.1, -0.05) is 38.1 Å². The lowest BCUT2D eigenvalue weighted by Gasteiger charge is -2.10. The van der Waals surface area contributed by atoms with Crippen LogP contribution in [0.2, 0.25) is 0 Å². The fraction of sp³-hybridized carbons (Fsp3) is 0.455. The van der Waals surface area contributed by atoms with Crippen LogP contribution in [0.25, 0.3) is 0 Å². The molecule has 0 aromatic heterocycles. The Labute approximate surface area is 85.4 Å². The summed E-state index contributed by atoms with van der Waals surface area (Å²) in [6, 6.07) is 8.23. The van der Waals surface area contributed by atoms with E-state index in [-0.39, 0.29) is 7.12 Å². The minimum atomic E-state index is -0.145. The van der Waals surface area contributed by atoms with Crippen molar-refractivity contribution in [1.29, 1.82) is 0 Å². The smallest absolute Gasteiger partial charge is 0.407 e. The van der Waals surface area contributed by atoms with E-state index < -0.39 is 0 Å². The summed E-state index contributed by atoms with van der Waals surface area (Å²) in [6.07, 6.45) is 0. The van der Waals surface area contributed by atoms with Crippen molar-refractivity contribution in [2.45, 2.75) is 20.5 Å². The zero-order valence-electron chi connectivity index (χ0n) is 8.69. The monoisotopic (exact) mass is 190 g/mol. The number of fused-ring (bicyclic) bond motifs is 1. The van der Waals surface area contributed by atoms with Crippen LogP contribution in [0, 0.1) is 5.92 Å². The summed E-state index contributed by atoms with van der Waals surface area (Å²) in [5, 5.41) is 0. The van der Waals surface area contributed by atoms with Gasteiger partial charge in [0.15, 0.2) is 0 Å². The van der Waals surface area contributed by atoms with Crippen LogP contribution in [-0.4, -0.2) is 13.7 Å². The average Bonchev–Trinajstić information content (AvgIpc) is 2.58. The summed E-state index contributed by atoms with van der Waals surface area (Å²) < 4.78 is 11.2. The Hall–Kier alpha value is -0.795. The van der Waals surface area contributed by atoms with Gasteiger partial charge in [0, 0.05) is 6.61 Å². The average molecular weight is 190 g/mol. The Morgan fingerprint density at radius 3 is 3.00 bits per heavy atom. The highest BCUT2D eigenvalue weighted by Gasteiger charge is 2.30. The zero-order chi connectivity index (χ0) is 9.97. The molecule has 0 spiro atoms. The molecule has 0 aliphatic carbocycles. The Morgan fingerprint density at radius 2 is 2.21 bits per heavy atom. The lowest BCUT2D eigenvalue weighted by Crippen LogP contribution is -2.33. The van der Waals surface area contributed by atoms with E-state index in [1.54, 1.807) is 0 Å². The van der Waals surface area contributed by atoms with E-state index in [1.165, 1.54) is 11.0 Å². The van der Waals surface area contributed by atoms with Crippen LogP contribution in [0.3, 0.4) is 0 Å². The lowest BCUT2D eigenvalue weighted by atomic mass is 9.79. The Morgan fingerprint density at radius 1 is 1.43 bits per heavy atom. The first-order valence-corrected chi connectivity index (χ1v) is 5.08. The molecule has 0 radical (unpaired) electrons. The molecule has 0 saturated heterocycles. The quantitative estimate of drug-likeness (QED) is 0.673. The van der Waals surface area contributed by atoms with Gasteiger partial charge in [-0.3, -0.25) is 0 Å². The molecule has 0 saturated carbocycles. The van der Waals surface area contributed by atoms with Gasteiger partial charge in [0.05, 0.1) is 6.61 Å². The van der Waals surface area contributed by atoms with Gasteiger partial charge in [-0.15, -0.1) is 0 Å². The first kappa shape index (κ1) is 9.75. The van der Waals surface area contributed by atoms with Gasteiger partial charge in [0.2, 0.25) is 0 Å². The summed E-state index contributed by atoms with van der Waals surface area (Å²) in [5.74, 6) is 0.548. The fourth-order valence-electron chi connectivity index (χ4n) is 1.57. The standard InChI is InChI=1S/C11H15BO2/c1-9(2)7-13-12-11-6-4-3-5-10(11)8-14-12/h3-6,9H,7-8H2,1-2H3. The minimum absolute atomic E-state index is 0.145. The van der Waals surface area contributed by atoms with E-state index in [9.17, 15) is 0 Å². The molecule has 0 bridgehead atoms. The van der Waals surface area contributed by atoms with Crippen LogP contribution >= 0.6 is 0 Å². The van der Waals surface area contributed by atoms with Crippen LogP contribution in [0.5, 0.6) is 0 Å². The third-order valence-electron chi connectivity index (χ3n) is 2.28. The maximum absolute atomic E-state index is 5.67. The van der Waals surface area contributed by atoms with Crippen molar-refractivity contribution in [3.8, 4) is 0 Å². The summed E-state index contributed by atoms with van der Waals surface area (Å²) in [5.41, 5.74) is 2.44. The predicted molar refractivity (Wildman–Crippen MR) is 57.4 cm³/mol. The molecule has 14 heavy (non-hydrogen) atoms. The van der Waals surface area contributed by atoms with Gasteiger partial charge in [0.1, 0.15) is 0 Å². The molecule has 1 heterocycles. The second-order valence-electron chi connectivity index (χ2n) is 4.07. The second kappa shape index (κ2) is 4.15. The number of hydrogen-bond donors (Lipinski definition) is 0. The Bertz CT molecular complexity index is 312. The Balaban J connectivity index is 2.03. The second-order valence-corrected chi connectivity index (χ2v) is 4.07. The van der Waals surface area contributed by atoms with Crippen molar-refractivity contribution in [1.82, 2.24) is 0 Å². The fourth-order valence-corrected chi connectivity index (χ4v) is 1.57. The van der Waals surface area contributed by atoms with Crippen molar-refractivity contribution in [2.24, 2.45) is 5.92 Å². The summed E-state index contributed by atoms with van der Waals surface area (Å²) >= 11 is 0. The van der Waals surface area contributed by atoms with Gasteiger partial charge in [-0.25, -0.2) is 0 Å². The van der Waals surface area contributed by atoms with Gasteiger partial charge in [-0.2, -0.15) is 0 Å². The molecule has 3 heteroatoms. The van der Waals surface area contributed by atoms with Crippen molar-refractivity contribution >= 4 is 12.6 Å². The molecule has 1 aromatic rings. The molecule has 1 aliphatic rings. The molecule has 1 aliphatic heterocycles. The van der Waals surface area contributed by atoms with E-state index in [1.807, 2.05) is 12.1 Å². The maximum Gasteiger partial charge on any atom is 0.494 e. The van der Waals surface area contributed by atoms with E-state index in [4.69, 9.17) is 9.31 Å². The van der Waals surface area contributed by atoms with Crippen LogP contribution in [0.15, 0.2) is 24.3 Å². The molecule has 0 fully saturated rings. The molecule has 1 aromatic carbocycles. The van der Waals surface area contributed by atoms with Crippen LogP contribution in [0.4, 0.5) is 0 Å². The summed E-state index contributed by atoms with van der Waals surface area (Å²) in [6.45, 7) is 5.71. The van der Waals surface area contributed by atoms with Crippen LogP contribution in [0.1, 0.15) is 19.4 Å². The molecule has 2 rings (SSSR count). The van der Waals surface area contributed by atoms with Crippen LogP contribution in [-0.2, 0) is 15.9 Å². The number of rotatable bonds is 3. The van der Waals surface area contributed by atoms with Crippen LogP contribution < -0.4 is 5.46 Å². The highest BCUT2D eigenvalue weighted by molar-refractivity contribution is 6.62. The molecule has 0 atom stereocenters. The molecule has 0 amide bonds. The normalized spacial score (nSPS) is 14.9. The summed E-state index contributed by atoms with van der Waals surface area (Å²) in [7, 11) is -0.145. The Kier molecular flexibility index (Phi) is 2.89. The molecular formula is C11H15BO2. The topological polar surface area (TPSA) is 18.5 Å². The lowest BCUT2D eigenvalue weighted by molar-refractivity contribution is 0.191. The van der Waals surface area contributed by atoms with Crippen molar-refractivity contribution < 1.29 is 9.31 Å².